The number of benzene rings is 2. The van der Waals surface area contributed by atoms with Crippen LogP contribution in [0.4, 0.5) is 0 Å². The second-order valence-corrected chi connectivity index (χ2v) is 10.1. The fourth-order valence-electron chi connectivity index (χ4n) is 3.38. The van der Waals surface area contributed by atoms with Gasteiger partial charge in [-0.25, -0.2) is 0 Å². The van der Waals surface area contributed by atoms with Crippen LogP contribution in [-0.4, -0.2) is 5.78 Å². The van der Waals surface area contributed by atoms with E-state index in [4.69, 9.17) is 0 Å². The molecule has 1 fully saturated rings. The summed E-state index contributed by atoms with van der Waals surface area (Å²) < 4.78 is 2.09. The van der Waals surface area contributed by atoms with Gasteiger partial charge in [0.25, 0.3) is 0 Å². The number of ketones is 1. The molecule has 0 aromatic heterocycles. The molecule has 0 spiro atoms. The average molecular weight is 488 g/mol. The van der Waals surface area contributed by atoms with E-state index in [1.807, 2.05) is 48.5 Å². The van der Waals surface area contributed by atoms with E-state index in [0.717, 1.165) is 44.1 Å². The number of halogens is 2. The van der Waals surface area contributed by atoms with Gasteiger partial charge >= 0.3 is 0 Å². The molecule has 2 aromatic rings. The third-order valence-electron chi connectivity index (χ3n) is 5.16. The highest BCUT2D eigenvalue weighted by atomic mass is 79.9. The Morgan fingerprint density at radius 1 is 0.778 bits per heavy atom. The zero-order valence-electron chi connectivity index (χ0n) is 15.9. The average Bonchev–Trinajstić information content (AvgIpc) is 2.61. The maximum Gasteiger partial charge on any atom is 0.185 e. The van der Waals surface area contributed by atoms with Gasteiger partial charge in [-0.05, 0) is 71.7 Å². The molecule has 1 aliphatic carbocycles. The summed E-state index contributed by atoms with van der Waals surface area (Å²) in [6.45, 7) is 6.80. The molecule has 0 aliphatic heterocycles. The number of hydrogen-bond donors (Lipinski definition) is 0. The molecule has 0 saturated heterocycles. The van der Waals surface area contributed by atoms with Crippen LogP contribution >= 0.6 is 31.9 Å². The summed E-state index contributed by atoms with van der Waals surface area (Å²) in [6.07, 6.45) is 5.77. The van der Waals surface area contributed by atoms with Gasteiger partial charge in [-0.15, -0.1) is 0 Å². The SMILES string of the molecule is CC(C)(C)C1CC(=Cc2ccc(Br)cc2)C(=O)C(=Cc2ccc(Br)cc2)C1. The number of carbonyl (C=O) groups excluding carboxylic acids is 1. The van der Waals surface area contributed by atoms with E-state index < -0.39 is 0 Å². The highest BCUT2D eigenvalue weighted by Crippen LogP contribution is 2.42. The zero-order valence-corrected chi connectivity index (χ0v) is 19.1. The lowest BCUT2D eigenvalue weighted by atomic mass is 9.68. The monoisotopic (exact) mass is 486 g/mol. The largest absolute Gasteiger partial charge is 0.289 e. The smallest absolute Gasteiger partial charge is 0.185 e. The van der Waals surface area contributed by atoms with Crippen molar-refractivity contribution in [1.29, 1.82) is 0 Å². The topological polar surface area (TPSA) is 17.1 Å². The van der Waals surface area contributed by atoms with Crippen LogP contribution in [0.2, 0.25) is 0 Å². The van der Waals surface area contributed by atoms with Crippen LogP contribution in [0.3, 0.4) is 0 Å². The fraction of sp³-hybridized carbons (Fsp3) is 0.292. The summed E-state index contributed by atoms with van der Waals surface area (Å²) in [5.41, 5.74) is 4.11. The van der Waals surface area contributed by atoms with Crippen molar-refractivity contribution in [1.82, 2.24) is 0 Å². The van der Waals surface area contributed by atoms with Crippen LogP contribution in [0.5, 0.6) is 0 Å². The Balaban J connectivity index is 1.99. The Morgan fingerprint density at radius 2 is 1.15 bits per heavy atom. The Morgan fingerprint density at radius 3 is 1.48 bits per heavy atom. The van der Waals surface area contributed by atoms with Crippen LogP contribution in [0.15, 0.2) is 68.6 Å². The first-order valence-electron chi connectivity index (χ1n) is 9.19. The van der Waals surface area contributed by atoms with Crippen molar-refractivity contribution in [2.45, 2.75) is 33.6 Å². The van der Waals surface area contributed by atoms with E-state index in [1.54, 1.807) is 0 Å². The predicted molar refractivity (Wildman–Crippen MR) is 121 cm³/mol. The van der Waals surface area contributed by atoms with E-state index in [9.17, 15) is 4.79 Å². The van der Waals surface area contributed by atoms with Crippen LogP contribution in [0, 0.1) is 11.3 Å². The Bertz CT molecular complexity index is 814. The first-order valence-corrected chi connectivity index (χ1v) is 10.8. The van der Waals surface area contributed by atoms with Gasteiger partial charge in [-0.1, -0.05) is 76.9 Å². The fourth-order valence-corrected chi connectivity index (χ4v) is 3.91. The first-order chi connectivity index (χ1) is 12.7. The van der Waals surface area contributed by atoms with Gasteiger partial charge in [0.1, 0.15) is 0 Å². The maximum atomic E-state index is 13.2. The summed E-state index contributed by atoms with van der Waals surface area (Å²) in [4.78, 5) is 13.2. The summed E-state index contributed by atoms with van der Waals surface area (Å²) in [6, 6.07) is 16.2. The van der Waals surface area contributed by atoms with Crippen LogP contribution in [-0.2, 0) is 4.79 Å². The zero-order chi connectivity index (χ0) is 19.6. The summed E-state index contributed by atoms with van der Waals surface area (Å²) in [5.74, 6) is 0.625. The standard InChI is InChI=1S/C24H24Br2O/c1-24(2,3)20-14-18(12-16-4-8-21(25)9-5-16)23(27)19(15-20)13-17-6-10-22(26)11-7-17/h4-13,20H,14-15H2,1-3H3. The lowest BCUT2D eigenvalue weighted by Gasteiger charge is -2.35. The Labute approximate surface area is 178 Å². The van der Waals surface area contributed by atoms with Crippen molar-refractivity contribution in [3.63, 3.8) is 0 Å². The molecule has 0 radical (unpaired) electrons. The van der Waals surface area contributed by atoms with Crippen LogP contribution in [0.25, 0.3) is 12.2 Å². The van der Waals surface area contributed by atoms with Crippen molar-refractivity contribution >= 4 is 49.8 Å². The molecule has 0 N–H and O–H groups in total. The van der Waals surface area contributed by atoms with Crippen molar-refractivity contribution in [2.24, 2.45) is 11.3 Å². The molecular formula is C24H24Br2O. The molecule has 0 unspecified atom stereocenters. The van der Waals surface area contributed by atoms with Gasteiger partial charge in [0.15, 0.2) is 5.78 Å². The summed E-state index contributed by atoms with van der Waals surface area (Å²) in [7, 11) is 0. The minimum absolute atomic E-state index is 0.151. The summed E-state index contributed by atoms with van der Waals surface area (Å²) in [5, 5.41) is 0. The lowest BCUT2D eigenvalue weighted by molar-refractivity contribution is -0.113. The van der Waals surface area contributed by atoms with Crippen molar-refractivity contribution in [3.8, 4) is 0 Å². The van der Waals surface area contributed by atoms with Gasteiger partial charge in [-0.2, -0.15) is 0 Å². The molecule has 1 nitrogen and oxygen atoms in total. The molecule has 0 heterocycles. The van der Waals surface area contributed by atoms with E-state index in [0.29, 0.717) is 5.92 Å². The lowest BCUT2D eigenvalue weighted by Crippen LogP contribution is -2.29. The summed E-state index contributed by atoms with van der Waals surface area (Å²) >= 11 is 6.94. The molecule has 0 atom stereocenters. The van der Waals surface area contributed by atoms with Crippen LogP contribution < -0.4 is 0 Å². The molecule has 3 heteroatoms. The highest BCUT2D eigenvalue weighted by molar-refractivity contribution is 9.10. The third kappa shape index (κ3) is 5.30. The number of hydrogen-bond acceptors (Lipinski definition) is 1. The second kappa shape index (κ2) is 8.28. The molecule has 3 rings (SSSR count). The highest BCUT2D eigenvalue weighted by Gasteiger charge is 2.34. The van der Waals surface area contributed by atoms with Gasteiger partial charge in [0.2, 0.25) is 0 Å². The number of allylic oxidation sites excluding steroid dienone is 2. The van der Waals surface area contributed by atoms with E-state index in [-0.39, 0.29) is 11.2 Å². The van der Waals surface area contributed by atoms with E-state index in [1.165, 1.54) is 0 Å². The normalized spacial score (nSPS) is 21.1. The molecule has 27 heavy (non-hydrogen) atoms. The van der Waals surface area contributed by atoms with E-state index in [2.05, 4.69) is 64.8 Å². The van der Waals surface area contributed by atoms with Crippen molar-refractivity contribution < 1.29 is 4.79 Å². The second-order valence-electron chi connectivity index (χ2n) is 8.24. The maximum absolute atomic E-state index is 13.2. The Kier molecular flexibility index (Phi) is 6.22. The third-order valence-corrected chi connectivity index (χ3v) is 6.22. The minimum atomic E-state index is 0.151. The molecule has 0 amide bonds. The van der Waals surface area contributed by atoms with Crippen molar-refractivity contribution in [2.75, 3.05) is 0 Å². The van der Waals surface area contributed by atoms with E-state index >= 15 is 0 Å². The Hall–Kier alpha value is -1.45. The predicted octanol–water partition coefficient (Wildman–Crippen LogP) is 7.70. The molecule has 2 aromatic carbocycles. The quantitative estimate of drug-likeness (QED) is 0.396. The van der Waals surface area contributed by atoms with Gasteiger partial charge in [-0.3, -0.25) is 4.79 Å². The number of Topliss-reactive ketones (excluding diaryl/α,β-unsaturated/α-hetero) is 1. The molecule has 0 bridgehead atoms. The van der Waals surface area contributed by atoms with Crippen LogP contribution in [0.1, 0.15) is 44.7 Å². The molecule has 1 saturated carbocycles. The van der Waals surface area contributed by atoms with Gasteiger partial charge in [0.05, 0.1) is 0 Å². The molecular weight excluding hydrogens is 464 g/mol. The van der Waals surface area contributed by atoms with Gasteiger partial charge in [0, 0.05) is 20.1 Å². The van der Waals surface area contributed by atoms with Gasteiger partial charge < -0.3 is 0 Å². The number of carbonyl (C=O) groups is 1. The first kappa shape index (κ1) is 20.3. The molecule has 140 valence electrons. The minimum Gasteiger partial charge on any atom is -0.289 e. The van der Waals surface area contributed by atoms with Crippen molar-refractivity contribution in [3.05, 3.63) is 79.7 Å². The molecule has 1 aliphatic rings. The number of rotatable bonds is 2.